The molecule has 0 rings (SSSR count). The van der Waals surface area contributed by atoms with Crippen LogP contribution in [-0.2, 0) is 45.7 Å². The van der Waals surface area contributed by atoms with Gasteiger partial charge in [-0.05, 0) is 0 Å². The molecule has 0 aromatic rings. The van der Waals surface area contributed by atoms with Crippen LogP contribution < -0.4 is 0 Å². The fourth-order valence-corrected chi connectivity index (χ4v) is 0. The van der Waals surface area contributed by atoms with Gasteiger partial charge in [-0.25, -0.2) is 0 Å². The Balaban J connectivity index is 0. The topological polar surface area (TPSA) is 0 Å². The molecule has 0 spiro atoms. The fourth-order valence-electron chi connectivity index (χ4n) is 0. The van der Waals surface area contributed by atoms with Crippen LogP contribution in [0.2, 0.25) is 0 Å². The maximum absolute atomic E-state index is 0. The first kappa shape index (κ1) is 35.3. The Bertz CT molecular complexity index is 15.7. The summed E-state index contributed by atoms with van der Waals surface area (Å²) in [4.78, 5) is 0. The zero-order chi connectivity index (χ0) is 0. The van der Waals surface area contributed by atoms with Gasteiger partial charge in [0.15, 0.2) is 34.7 Å². The minimum atomic E-state index is 0. The molecule has 0 nitrogen and oxygen atoms in total. The molecule has 0 bridgehead atoms. The summed E-state index contributed by atoms with van der Waals surface area (Å²) in [5.41, 5.74) is 0. The van der Waals surface area contributed by atoms with Crippen LogP contribution in [0.1, 0.15) is 2.85 Å². The zero-order valence-electron chi connectivity index (χ0n) is 3.91. The average molecular weight is 356 g/mol. The standard InChI is InChI=1S/2Al.Ba.Zn.Zr.8H/q;;+2;;;;;;;;;2*-1. The molecule has 0 saturated carbocycles. The molecule has 0 N–H and O–H groups in total. The molecule has 0 fully saturated rings. The molecule has 5 heavy (non-hydrogen) atoms. The second-order valence-electron chi connectivity index (χ2n) is 0. The summed E-state index contributed by atoms with van der Waals surface area (Å²) in [7, 11) is 0. The quantitative estimate of drug-likeness (QED) is 0.420. The van der Waals surface area contributed by atoms with Crippen LogP contribution >= 0.6 is 0 Å². The molecule has 0 radical (unpaired) electrons. The van der Waals surface area contributed by atoms with Gasteiger partial charge in [-0.3, -0.25) is 0 Å². The van der Waals surface area contributed by atoms with Crippen LogP contribution in [0.25, 0.3) is 0 Å². The average Bonchev–Trinajstić information content (AvgIpc) is 0. The molecule has 0 saturated heterocycles. The van der Waals surface area contributed by atoms with E-state index in [9.17, 15) is 0 Å². The molecule has 0 heterocycles. The molecule has 0 unspecified atom stereocenters. The maximum Gasteiger partial charge on any atom is 2.00 e. The molecule has 22 valence electrons. The van der Waals surface area contributed by atoms with Crippen molar-refractivity contribution in [1.29, 1.82) is 0 Å². The van der Waals surface area contributed by atoms with Crippen LogP contribution in [0.5, 0.6) is 0 Å². The summed E-state index contributed by atoms with van der Waals surface area (Å²) in [5.74, 6) is 0. The smallest absolute Gasteiger partial charge is 1.00 e. The first-order chi connectivity index (χ1) is 0. The van der Waals surface area contributed by atoms with E-state index >= 15 is 0 Å². The predicted octanol–water partition coefficient (Wildman–Crippen LogP) is -2.53. The second-order valence-corrected chi connectivity index (χ2v) is 0. The zero-order valence-corrected chi connectivity index (χ0v) is 11.8. The van der Waals surface area contributed by atoms with Crippen LogP contribution in [0.3, 0.4) is 0 Å². The molecule has 5 heteroatoms. The van der Waals surface area contributed by atoms with Crippen molar-refractivity contribution >= 4 is 83.6 Å². The minimum Gasteiger partial charge on any atom is -1.00 e. The normalized spacial score (nSPS) is 0. The first-order valence-corrected chi connectivity index (χ1v) is 0. The number of hydrogen-bond acceptors (Lipinski definition) is 0. The van der Waals surface area contributed by atoms with Crippen LogP contribution in [0, 0.1) is 0 Å². The van der Waals surface area contributed by atoms with Crippen LogP contribution in [-0.4, -0.2) is 83.6 Å². The van der Waals surface area contributed by atoms with Crippen molar-refractivity contribution in [1.82, 2.24) is 0 Å². The Hall–Kier alpha value is 4.14. The van der Waals surface area contributed by atoms with Crippen molar-refractivity contribution in [3.63, 3.8) is 0 Å². The third kappa shape index (κ3) is 17.9. The second kappa shape index (κ2) is 24.2. The molecule has 0 atom stereocenters. The summed E-state index contributed by atoms with van der Waals surface area (Å²) in [6, 6.07) is 0. The summed E-state index contributed by atoms with van der Waals surface area (Å²) in [6.45, 7) is 0. The van der Waals surface area contributed by atoms with E-state index < -0.39 is 0 Å². The molecular weight excluding hydrogens is 348 g/mol. The molecule has 0 aromatic carbocycles. The predicted molar refractivity (Wildman–Crippen MR) is 27.9 cm³/mol. The van der Waals surface area contributed by atoms with Gasteiger partial charge in [0.05, 0.1) is 0 Å². The van der Waals surface area contributed by atoms with E-state index in [1.807, 2.05) is 0 Å². The van der Waals surface area contributed by atoms with Gasteiger partial charge in [0.25, 0.3) is 0 Å². The van der Waals surface area contributed by atoms with Crippen molar-refractivity contribution in [3.8, 4) is 0 Å². The minimum absolute atomic E-state index is 0. The van der Waals surface area contributed by atoms with Crippen molar-refractivity contribution in [2.75, 3.05) is 0 Å². The molecule has 0 aromatic heterocycles. The van der Waals surface area contributed by atoms with Gasteiger partial charge in [0.1, 0.15) is 0 Å². The molecule has 0 aliphatic heterocycles. The van der Waals surface area contributed by atoms with E-state index in [-0.39, 0.29) is 132 Å². The largest absolute Gasteiger partial charge is 2.00 e. The Morgan fingerprint density at radius 2 is 1.00 bits per heavy atom. The Morgan fingerprint density at radius 3 is 1.00 bits per heavy atom. The number of hydrogen-bond donors (Lipinski definition) is 0. The SMILES string of the molecule is [AlH3].[AlH3].[Ba+2].[H-].[H-].[Zn].[Zr]. The third-order valence-electron chi connectivity index (χ3n) is 0. The number of rotatable bonds is 0. The Kier molecular flexibility index (Phi) is 171. The van der Waals surface area contributed by atoms with E-state index in [4.69, 9.17) is 0 Å². The molecular formula is H8Al2BaZnZr. The summed E-state index contributed by atoms with van der Waals surface area (Å²) in [5, 5.41) is 0. The maximum atomic E-state index is 0. The summed E-state index contributed by atoms with van der Waals surface area (Å²) < 4.78 is 0. The van der Waals surface area contributed by atoms with E-state index in [2.05, 4.69) is 0 Å². The summed E-state index contributed by atoms with van der Waals surface area (Å²) in [6.07, 6.45) is 0. The van der Waals surface area contributed by atoms with E-state index in [1.165, 1.54) is 0 Å². The molecule has 0 aliphatic carbocycles. The van der Waals surface area contributed by atoms with E-state index in [1.54, 1.807) is 0 Å². The van der Waals surface area contributed by atoms with Gasteiger partial charge >= 0.3 is 48.9 Å². The van der Waals surface area contributed by atoms with Gasteiger partial charge in [-0.1, -0.05) is 0 Å². The summed E-state index contributed by atoms with van der Waals surface area (Å²) >= 11 is 0. The van der Waals surface area contributed by atoms with Gasteiger partial charge in [0, 0.05) is 45.7 Å². The molecule has 0 amide bonds. The van der Waals surface area contributed by atoms with E-state index in [0.29, 0.717) is 0 Å². The van der Waals surface area contributed by atoms with Crippen LogP contribution in [0.15, 0.2) is 0 Å². The van der Waals surface area contributed by atoms with Gasteiger partial charge in [0.2, 0.25) is 0 Å². The van der Waals surface area contributed by atoms with Gasteiger partial charge in [-0.2, -0.15) is 0 Å². The Labute approximate surface area is 129 Å². The molecule has 0 aliphatic rings. The van der Waals surface area contributed by atoms with E-state index in [0.717, 1.165) is 0 Å². The first-order valence-electron chi connectivity index (χ1n) is 0. The van der Waals surface area contributed by atoms with Crippen molar-refractivity contribution in [2.24, 2.45) is 0 Å². The van der Waals surface area contributed by atoms with Crippen LogP contribution in [0.4, 0.5) is 0 Å². The monoisotopic (exact) mass is 354 g/mol. The van der Waals surface area contributed by atoms with Crippen molar-refractivity contribution < 1.29 is 48.5 Å². The van der Waals surface area contributed by atoms with Crippen molar-refractivity contribution in [2.45, 2.75) is 0 Å². The van der Waals surface area contributed by atoms with Crippen molar-refractivity contribution in [3.05, 3.63) is 0 Å². The fraction of sp³-hybridized carbons (Fsp3) is 0. The van der Waals surface area contributed by atoms with Gasteiger partial charge < -0.3 is 2.85 Å². The van der Waals surface area contributed by atoms with Gasteiger partial charge in [-0.15, -0.1) is 0 Å². The Morgan fingerprint density at radius 1 is 1.00 bits per heavy atom. The third-order valence-corrected chi connectivity index (χ3v) is 0.